The molecule has 11 heteroatoms. The van der Waals surface area contributed by atoms with Crippen LogP contribution in [0.25, 0.3) is 11.2 Å². The van der Waals surface area contributed by atoms with Gasteiger partial charge in [-0.2, -0.15) is 9.97 Å². The van der Waals surface area contributed by atoms with Crippen molar-refractivity contribution in [3.8, 4) is 0 Å². The number of aliphatic hydroxyl groups excluding tert-OH is 1. The number of carbonyl (C=O) groups excluding carboxylic acids is 1. The normalized spacial score (nSPS) is 12.4. The molecule has 4 N–H and O–H groups in total. The summed E-state index contributed by atoms with van der Waals surface area (Å²) in [5.41, 5.74) is 6.48. The molecule has 0 spiro atoms. The first-order chi connectivity index (χ1) is 14.6. The van der Waals surface area contributed by atoms with Crippen molar-refractivity contribution in [2.75, 3.05) is 37.9 Å². The number of fused-ring (bicyclic) bond motifs is 1. The van der Waals surface area contributed by atoms with Crippen LogP contribution < -0.4 is 11.1 Å². The molecule has 0 amide bonds. The van der Waals surface area contributed by atoms with Crippen molar-refractivity contribution in [1.82, 2.24) is 19.5 Å². The van der Waals surface area contributed by atoms with E-state index in [0.717, 1.165) is 25.7 Å². The van der Waals surface area contributed by atoms with Crippen LogP contribution in [0.2, 0.25) is 0 Å². The van der Waals surface area contributed by atoms with E-state index in [1.807, 2.05) is 13.0 Å². The molecule has 0 aliphatic rings. The molecule has 30 heavy (non-hydrogen) atoms. The molecule has 166 valence electrons. The van der Waals surface area contributed by atoms with Gasteiger partial charge in [0.2, 0.25) is 12.4 Å². The average molecular weight is 422 g/mol. The molecule has 1 atom stereocenters. The minimum atomic E-state index is -1.32. The van der Waals surface area contributed by atoms with Gasteiger partial charge in [-0.1, -0.05) is 12.2 Å². The lowest BCUT2D eigenvalue weighted by Gasteiger charge is -2.14. The Hall–Kier alpha value is -2.92. The van der Waals surface area contributed by atoms with E-state index >= 15 is 0 Å². The Balaban J connectivity index is 1.63. The highest BCUT2D eigenvalue weighted by molar-refractivity contribution is 5.83. The fraction of sp³-hybridized carbons (Fsp3) is 0.579. The molecule has 0 saturated heterocycles. The standard InChI is InChI=1S/C19H30N6O5/c1-3-4-5-6-7-8-10-29-19(27)30-12-9-11-28-18(26)25-13-22-14-15(21-2)23-17(20)24-16(14)25/h3-4,13,18,26H,5-12H2,1-2H3,(H3,20,21,23,24). The van der Waals surface area contributed by atoms with Gasteiger partial charge in [-0.15, -0.1) is 0 Å². The molecule has 0 aromatic carbocycles. The molecule has 2 aromatic heterocycles. The zero-order chi connectivity index (χ0) is 21.8. The minimum absolute atomic E-state index is 0.0468. The summed E-state index contributed by atoms with van der Waals surface area (Å²) in [7, 11) is 1.68. The summed E-state index contributed by atoms with van der Waals surface area (Å²) in [6, 6.07) is 0. The zero-order valence-electron chi connectivity index (χ0n) is 17.4. The lowest BCUT2D eigenvalue weighted by atomic mass is 10.2. The van der Waals surface area contributed by atoms with Crippen LogP contribution in [-0.4, -0.2) is 57.6 Å². The van der Waals surface area contributed by atoms with Crippen LogP contribution >= 0.6 is 0 Å². The monoisotopic (exact) mass is 422 g/mol. The predicted molar refractivity (Wildman–Crippen MR) is 112 cm³/mol. The number of allylic oxidation sites excluding steroid dienone is 2. The second-order valence-electron chi connectivity index (χ2n) is 6.42. The van der Waals surface area contributed by atoms with Crippen LogP contribution in [0.4, 0.5) is 16.6 Å². The van der Waals surface area contributed by atoms with Gasteiger partial charge in [-0.25, -0.2) is 9.78 Å². The van der Waals surface area contributed by atoms with Crippen molar-refractivity contribution in [1.29, 1.82) is 0 Å². The summed E-state index contributed by atoms with van der Waals surface area (Å²) >= 11 is 0. The van der Waals surface area contributed by atoms with Crippen LogP contribution in [0.15, 0.2) is 18.5 Å². The SMILES string of the molecule is CC=CCCCCCOC(=O)OCCCOC(O)n1cnc2c(NC)nc(N)nc21. The van der Waals surface area contributed by atoms with Gasteiger partial charge < -0.3 is 30.4 Å². The molecule has 0 radical (unpaired) electrons. The first-order valence-corrected chi connectivity index (χ1v) is 9.95. The molecule has 2 heterocycles. The third-order valence-electron chi connectivity index (χ3n) is 4.16. The van der Waals surface area contributed by atoms with E-state index in [9.17, 15) is 9.90 Å². The maximum atomic E-state index is 11.5. The molecule has 2 rings (SSSR count). The smallest absolute Gasteiger partial charge is 0.434 e. The lowest BCUT2D eigenvalue weighted by molar-refractivity contribution is -0.152. The van der Waals surface area contributed by atoms with Crippen LogP contribution in [0.1, 0.15) is 45.4 Å². The molecule has 0 aliphatic carbocycles. The minimum Gasteiger partial charge on any atom is -0.434 e. The first-order valence-electron chi connectivity index (χ1n) is 9.95. The quantitative estimate of drug-likeness (QED) is 0.190. The number of ether oxygens (including phenoxy) is 3. The Kier molecular flexibility index (Phi) is 9.81. The van der Waals surface area contributed by atoms with Crippen molar-refractivity contribution in [2.24, 2.45) is 0 Å². The number of anilines is 2. The average Bonchev–Trinajstić information content (AvgIpc) is 3.16. The second kappa shape index (κ2) is 12.6. The maximum Gasteiger partial charge on any atom is 0.508 e. The molecular formula is C19H30N6O5. The number of nitrogens with one attached hydrogen (secondary N) is 1. The van der Waals surface area contributed by atoms with Crippen molar-refractivity contribution >= 4 is 29.1 Å². The van der Waals surface area contributed by atoms with Crippen molar-refractivity contribution in [3.63, 3.8) is 0 Å². The number of nitrogens with zero attached hydrogens (tertiary/aromatic N) is 4. The highest BCUT2D eigenvalue weighted by atomic mass is 16.7. The number of hydrogen-bond acceptors (Lipinski definition) is 10. The fourth-order valence-corrected chi connectivity index (χ4v) is 2.66. The number of aliphatic hydroxyl groups is 1. The third-order valence-corrected chi connectivity index (χ3v) is 4.16. The van der Waals surface area contributed by atoms with Gasteiger partial charge in [0.25, 0.3) is 0 Å². The lowest BCUT2D eigenvalue weighted by Crippen LogP contribution is -2.15. The van der Waals surface area contributed by atoms with Gasteiger partial charge in [0, 0.05) is 13.5 Å². The topological polar surface area (TPSA) is 147 Å². The summed E-state index contributed by atoms with van der Waals surface area (Å²) in [4.78, 5) is 23.8. The van der Waals surface area contributed by atoms with Crippen LogP contribution in [0.3, 0.4) is 0 Å². The molecule has 0 saturated carbocycles. The number of aromatic nitrogens is 4. The molecule has 0 bridgehead atoms. The van der Waals surface area contributed by atoms with Crippen LogP contribution in [0, 0.1) is 0 Å². The van der Waals surface area contributed by atoms with Crippen molar-refractivity contribution in [2.45, 2.75) is 45.4 Å². The second-order valence-corrected chi connectivity index (χ2v) is 6.42. The highest BCUT2D eigenvalue weighted by Crippen LogP contribution is 2.21. The number of imidazole rings is 1. The first kappa shape index (κ1) is 23.4. The molecular weight excluding hydrogens is 392 g/mol. The van der Waals surface area contributed by atoms with E-state index in [2.05, 4.69) is 26.3 Å². The largest absolute Gasteiger partial charge is 0.508 e. The van der Waals surface area contributed by atoms with Crippen molar-refractivity contribution < 1.29 is 24.1 Å². The van der Waals surface area contributed by atoms with E-state index in [1.165, 1.54) is 10.9 Å². The summed E-state index contributed by atoms with van der Waals surface area (Å²) in [6.07, 6.45) is 7.83. The highest BCUT2D eigenvalue weighted by Gasteiger charge is 2.16. The summed E-state index contributed by atoms with van der Waals surface area (Å²) < 4.78 is 16.7. The van der Waals surface area contributed by atoms with E-state index in [-0.39, 0.29) is 19.2 Å². The Labute approximate surface area is 175 Å². The van der Waals surface area contributed by atoms with Gasteiger partial charge in [0.1, 0.15) is 6.33 Å². The van der Waals surface area contributed by atoms with E-state index in [0.29, 0.717) is 30.0 Å². The number of hydrogen-bond donors (Lipinski definition) is 3. The predicted octanol–water partition coefficient (Wildman–Crippen LogP) is 2.59. The summed E-state index contributed by atoms with van der Waals surface area (Å²) in [5.74, 6) is 0.499. The number of nitrogens with two attached hydrogens (primary N) is 1. The third kappa shape index (κ3) is 7.16. The Morgan fingerprint density at radius 1 is 1.23 bits per heavy atom. The number of unbranched alkanes of at least 4 members (excludes halogenated alkanes) is 3. The molecule has 0 fully saturated rings. The van der Waals surface area contributed by atoms with Gasteiger partial charge >= 0.3 is 6.16 Å². The molecule has 0 aliphatic heterocycles. The molecule has 11 nitrogen and oxygen atoms in total. The maximum absolute atomic E-state index is 11.5. The molecule has 1 unspecified atom stereocenters. The van der Waals surface area contributed by atoms with E-state index in [1.54, 1.807) is 7.05 Å². The number of rotatable bonds is 13. The number of carbonyl (C=O) groups is 1. The summed E-state index contributed by atoms with van der Waals surface area (Å²) in [5, 5.41) is 13.1. The van der Waals surface area contributed by atoms with Gasteiger partial charge in [-0.05, 0) is 32.6 Å². The fourth-order valence-electron chi connectivity index (χ4n) is 2.66. The van der Waals surface area contributed by atoms with Crippen LogP contribution in [-0.2, 0) is 14.2 Å². The Morgan fingerprint density at radius 2 is 2.00 bits per heavy atom. The Bertz CT molecular complexity index is 825. The van der Waals surface area contributed by atoms with Gasteiger partial charge in [0.15, 0.2) is 17.0 Å². The van der Waals surface area contributed by atoms with E-state index in [4.69, 9.17) is 19.9 Å². The van der Waals surface area contributed by atoms with E-state index < -0.39 is 12.6 Å². The van der Waals surface area contributed by atoms with Crippen molar-refractivity contribution in [3.05, 3.63) is 18.5 Å². The van der Waals surface area contributed by atoms with Gasteiger partial charge in [-0.3, -0.25) is 4.57 Å². The summed E-state index contributed by atoms with van der Waals surface area (Å²) in [6.45, 7) is 2.61. The van der Waals surface area contributed by atoms with Crippen LogP contribution in [0.5, 0.6) is 0 Å². The Morgan fingerprint density at radius 3 is 2.73 bits per heavy atom. The van der Waals surface area contributed by atoms with Gasteiger partial charge in [0.05, 0.1) is 19.8 Å². The molecule has 2 aromatic rings. The zero-order valence-corrected chi connectivity index (χ0v) is 17.4. The number of nitrogen functional groups attached to an aromatic ring is 1.